The maximum absolute atomic E-state index is 2.76. The highest BCUT2D eigenvalue weighted by molar-refractivity contribution is 6.83. The van der Waals surface area contributed by atoms with Crippen molar-refractivity contribution < 1.29 is 0 Å². The van der Waals surface area contributed by atoms with Crippen molar-refractivity contribution in [1.82, 2.24) is 0 Å². The van der Waals surface area contributed by atoms with Crippen molar-refractivity contribution in [2.24, 2.45) is 52.3 Å². The van der Waals surface area contributed by atoms with E-state index in [0.717, 1.165) is 41.4 Å². The van der Waals surface area contributed by atoms with E-state index in [9.17, 15) is 0 Å². The zero-order valence-corrected chi connectivity index (χ0v) is 23.4. The Morgan fingerprint density at radius 2 is 1.61 bits per heavy atom. The SMILES string of the molecule is CC(C)CCC[C@H](C)[C@@H]1CC[C@@H]2[C@@H]3CC[C@@H]4CC([Si](C)(C)C)=CC[C@]4(C)[C@@H]3CC[C@@]21C. The average molecular weight is 443 g/mol. The third-order valence-electron chi connectivity index (χ3n) is 11.5. The highest BCUT2D eigenvalue weighted by Gasteiger charge is 2.60. The lowest BCUT2D eigenvalue weighted by Gasteiger charge is -2.61. The second-order valence-corrected chi connectivity index (χ2v) is 19.7. The minimum atomic E-state index is -1.12. The van der Waals surface area contributed by atoms with Crippen LogP contribution in [-0.4, -0.2) is 8.07 Å². The van der Waals surface area contributed by atoms with Gasteiger partial charge in [0.15, 0.2) is 0 Å². The van der Waals surface area contributed by atoms with Crippen LogP contribution >= 0.6 is 0 Å². The monoisotopic (exact) mass is 442 g/mol. The predicted molar refractivity (Wildman–Crippen MR) is 140 cm³/mol. The Kier molecular flexibility index (Phi) is 6.71. The lowest BCUT2D eigenvalue weighted by molar-refractivity contribution is -0.101. The van der Waals surface area contributed by atoms with Crippen LogP contribution in [-0.2, 0) is 0 Å². The van der Waals surface area contributed by atoms with E-state index < -0.39 is 8.07 Å². The van der Waals surface area contributed by atoms with E-state index in [1.165, 1.54) is 57.8 Å². The molecule has 0 spiro atoms. The fraction of sp³-hybridized carbons (Fsp3) is 0.933. The zero-order valence-electron chi connectivity index (χ0n) is 22.4. The Morgan fingerprint density at radius 3 is 2.29 bits per heavy atom. The number of rotatable bonds is 6. The first kappa shape index (κ1) is 24.1. The van der Waals surface area contributed by atoms with Gasteiger partial charge in [0.1, 0.15) is 0 Å². The van der Waals surface area contributed by atoms with E-state index in [-0.39, 0.29) is 0 Å². The van der Waals surface area contributed by atoms with Gasteiger partial charge in [-0.15, -0.1) is 0 Å². The van der Waals surface area contributed by atoms with Crippen LogP contribution in [0.4, 0.5) is 0 Å². The van der Waals surface area contributed by atoms with Crippen molar-refractivity contribution in [3.05, 3.63) is 11.3 Å². The second-order valence-electron chi connectivity index (χ2n) is 14.6. The van der Waals surface area contributed by atoms with Gasteiger partial charge in [0, 0.05) is 0 Å². The highest BCUT2D eigenvalue weighted by Crippen LogP contribution is 2.68. The molecule has 0 aliphatic heterocycles. The summed E-state index contributed by atoms with van der Waals surface area (Å²) in [4.78, 5) is 0. The van der Waals surface area contributed by atoms with Gasteiger partial charge in [0.05, 0.1) is 8.07 Å². The molecule has 178 valence electrons. The fourth-order valence-electron chi connectivity index (χ4n) is 9.52. The van der Waals surface area contributed by atoms with Gasteiger partial charge >= 0.3 is 0 Å². The molecule has 0 bridgehead atoms. The molecule has 4 rings (SSSR count). The van der Waals surface area contributed by atoms with Crippen LogP contribution in [0.25, 0.3) is 0 Å². The van der Waals surface area contributed by atoms with Crippen molar-refractivity contribution in [2.75, 3.05) is 0 Å². The maximum Gasteiger partial charge on any atom is 0.0720 e. The molecule has 0 nitrogen and oxygen atoms in total. The van der Waals surface area contributed by atoms with Crippen LogP contribution in [0.1, 0.15) is 105 Å². The van der Waals surface area contributed by atoms with Crippen LogP contribution in [0.5, 0.6) is 0 Å². The van der Waals surface area contributed by atoms with E-state index >= 15 is 0 Å². The summed E-state index contributed by atoms with van der Waals surface area (Å²) in [6.07, 6.45) is 19.2. The molecule has 0 aromatic carbocycles. The number of hydrogen-bond acceptors (Lipinski definition) is 0. The topological polar surface area (TPSA) is 0 Å². The molecule has 0 saturated heterocycles. The number of allylic oxidation sites excluding steroid dienone is 2. The molecule has 0 amide bonds. The first-order chi connectivity index (χ1) is 14.5. The van der Waals surface area contributed by atoms with Gasteiger partial charge < -0.3 is 0 Å². The standard InChI is InChI=1S/C30H54Si/c1-21(2)10-9-11-22(3)26-14-15-27-25-13-12-23-20-24(31(6,7)8)16-18-29(23,4)28(25)17-19-30(26,27)5/h16,21-23,25-28H,9-15,17-20H2,1-8H3/t22-,23+,25-,26-,27+,28+,29-,30+/m0/s1. The molecular weight excluding hydrogens is 388 g/mol. The maximum atomic E-state index is 2.76. The lowest BCUT2D eigenvalue weighted by Crippen LogP contribution is -2.53. The Labute approximate surface area is 196 Å². The van der Waals surface area contributed by atoms with Crippen LogP contribution in [0, 0.1) is 52.3 Å². The van der Waals surface area contributed by atoms with Crippen LogP contribution < -0.4 is 0 Å². The minimum Gasteiger partial charge on any atom is -0.0886 e. The summed E-state index contributed by atoms with van der Waals surface area (Å²) in [5.74, 6) is 6.88. The molecule has 0 heterocycles. The number of hydrogen-bond donors (Lipinski definition) is 0. The van der Waals surface area contributed by atoms with Gasteiger partial charge in [0.25, 0.3) is 0 Å². The molecule has 1 heteroatoms. The first-order valence-corrected chi connectivity index (χ1v) is 17.7. The van der Waals surface area contributed by atoms with Crippen LogP contribution in [0.3, 0.4) is 0 Å². The Hall–Kier alpha value is -0.0431. The van der Waals surface area contributed by atoms with Crippen LogP contribution in [0.2, 0.25) is 19.6 Å². The molecule has 0 N–H and O–H groups in total. The molecule has 3 fully saturated rings. The molecular formula is C30H54Si. The van der Waals surface area contributed by atoms with E-state index in [4.69, 9.17) is 0 Å². The molecule has 4 aliphatic rings. The van der Waals surface area contributed by atoms with Crippen molar-refractivity contribution in [3.63, 3.8) is 0 Å². The van der Waals surface area contributed by atoms with Crippen molar-refractivity contribution in [3.8, 4) is 0 Å². The van der Waals surface area contributed by atoms with Crippen molar-refractivity contribution in [2.45, 2.75) is 125 Å². The lowest BCUT2D eigenvalue weighted by atomic mass is 9.45. The van der Waals surface area contributed by atoms with Crippen molar-refractivity contribution >= 4 is 8.07 Å². The predicted octanol–water partition coefficient (Wildman–Crippen LogP) is 9.52. The Balaban J connectivity index is 1.48. The van der Waals surface area contributed by atoms with Crippen molar-refractivity contribution in [1.29, 1.82) is 0 Å². The zero-order chi connectivity index (χ0) is 22.6. The second kappa shape index (κ2) is 8.63. The van der Waals surface area contributed by atoms with Gasteiger partial charge in [-0.05, 0) is 104 Å². The third kappa shape index (κ3) is 4.28. The fourth-order valence-corrected chi connectivity index (χ4v) is 11.1. The Morgan fingerprint density at radius 1 is 0.903 bits per heavy atom. The minimum absolute atomic E-state index is 0.606. The summed E-state index contributed by atoms with van der Waals surface area (Å²) in [6.45, 7) is 20.6. The highest BCUT2D eigenvalue weighted by atomic mass is 28.3. The molecule has 0 aromatic rings. The molecule has 31 heavy (non-hydrogen) atoms. The van der Waals surface area contributed by atoms with Gasteiger partial charge in [-0.3, -0.25) is 0 Å². The first-order valence-electron chi connectivity index (χ1n) is 14.2. The number of fused-ring (bicyclic) bond motifs is 5. The molecule has 0 radical (unpaired) electrons. The molecule has 8 atom stereocenters. The smallest absolute Gasteiger partial charge is 0.0720 e. The summed E-state index contributed by atoms with van der Waals surface area (Å²) in [6, 6.07) is 0. The summed E-state index contributed by atoms with van der Waals surface area (Å²) >= 11 is 0. The summed E-state index contributed by atoms with van der Waals surface area (Å²) < 4.78 is 0. The third-order valence-corrected chi connectivity index (χ3v) is 13.8. The summed E-state index contributed by atoms with van der Waals surface area (Å²) in [5.41, 5.74) is 1.25. The molecule has 4 aliphatic carbocycles. The molecule has 0 unspecified atom stereocenters. The molecule has 0 aromatic heterocycles. The quantitative estimate of drug-likeness (QED) is 0.359. The summed E-state index contributed by atoms with van der Waals surface area (Å²) in [7, 11) is -1.12. The van der Waals surface area contributed by atoms with E-state index in [0.29, 0.717) is 10.8 Å². The summed E-state index contributed by atoms with van der Waals surface area (Å²) in [5, 5.41) is 1.89. The Bertz CT molecular complexity index is 668. The van der Waals surface area contributed by atoms with Gasteiger partial charge in [0.2, 0.25) is 0 Å². The normalized spacial score (nSPS) is 43.8. The molecule has 3 saturated carbocycles. The van der Waals surface area contributed by atoms with Crippen LogP contribution in [0.15, 0.2) is 11.3 Å². The largest absolute Gasteiger partial charge is 0.0886 e. The van der Waals surface area contributed by atoms with E-state index in [2.05, 4.69) is 60.3 Å². The van der Waals surface area contributed by atoms with E-state index in [1.807, 2.05) is 5.20 Å². The van der Waals surface area contributed by atoms with Gasteiger partial charge in [-0.25, -0.2) is 0 Å². The van der Waals surface area contributed by atoms with Gasteiger partial charge in [-0.1, -0.05) is 84.8 Å². The van der Waals surface area contributed by atoms with E-state index in [1.54, 1.807) is 12.8 Å². The average Bonchev–Trinajstić information content (AvgIpc) is 3.03. The van der Waals surface area contributed by atoms with Gasteiger partial charge in [-0.2, -0.15) is 0 Å².